The second kappa shape index (κ2) is 5.05. The second-order valence-electron chi connectivity index (χ2n) is 4.23. The summed E-state index contributed by atoms with van der Waals surface area (Å²) in [6.07, 6.45) is -0.289. The Morgan fingerprint density at radius 3 is 2.35 bits per heavy atom. The molecule has 5 nitrogen and oxygen atoms in total. The molecule has 1 amide bonds. The zero-order chi connectivity index (χ0) is 12.3. The highest BCUT2D eigenvalue weighted by Crippen LogP contribution is 2.14. The van der Waals surface area contributed by atoms with E-state index in [0.29, 0.717) is 24.5 Å². The molecule has 1 aliphatic rings. The van der Waals surface area contributed by atoms with E-state index < -0.39 is 0 Å². The number of nitrogen functional groups attached to an aromatic ring is 1. The number of rotatable bonds is 1. The average Bonchev–Trinajstić information content (AvgIpc) is 2.33. The van der Waals surface area contributed by atoms with Gasteiger partial charge in [0.05, 0.1) is 0 Å². The SMILES string of the molecule is CN1CCN(C(=O)Oc2ccc(N)cc2)CC1. The number of nitrogens with zero attached hydrogens (tertiary/aromatic N) is 2. The van der Waals surface area contributed by atoms with E-state index in [-0.39, 0.29) is 6.09 Å². The molecule has 0 spiro atoms. The number of anilines is 1. The Morgan fingerprint density at radius 1 is 1.18 bits per heavy atom. The maximum atomic E-state index is 11.8. The molecule has 1 aliphatic heterocycles. The van der Waals surface area contributed by atoms with E-state index in [9.17, 15) is 4.79 Å². The Bertz CT molecular complexity index is 383. The Labute approximate surface area is 101 Å². The Kier molecular flexibility index (Phi) is 3.49. The molecule has 5 heteroatoms. The first kappa shape index (κ1) is 11.7. The maximum absolute atomic E-state index is 11.8. The molecule has 0 atom stereocenters. The lowest BCUT2D eigenvalue weighted by Crippen LogP contribution is -2.48. The third-order valence-corrected chi connectivity index (χ3v) is 2.85. The van der Waals surface area contributed by atoms with Gasteiger partial charge in [0.2, 0.25) is 0 Å². The molecule has 17 heavy (non-hydrogen) atoms. The Balaban J connectivity index is 1.90. The van der Waals surface area contributed by atoms with E-state index in [1.807, 2.05) is 7.05 Å². The van der Waals surface area contributed by atoms with Gasteiger partial charge in [0.15, 0.2) is 0 Å². The molecule has 1 saturated heterocycles. The number of likely N-dealkylation sites (N-methyl/N-ethyl adjacent to an activating group) is 1. The molecular formula is C12H17N3O2. The van der Waals surface area contributed by atoms with E-state index in [2.05, 4.69) is 4.90 Å². The molecule has 1 heterocycles. The minimum absolute atomic E-state index is 0.289. The summed E-state index contributed by atoms with van der Waals surface area (Å²) in [5, 5.41) is 0. The molecule has 0 saturated carbocycles. The lowest BCUT2D eigenvalue weighted by Gasteiger charge is -2.31. The number of piperazine rings is 1. The van der Waals surface area contributed by atoms with Crippen molar-refractivity contribution in [3.8, 4) is 5.75 Å². The van der Waals surface area contributed by atoms with Crippen LogP contribution >= 0.6 is 0 Å². The minimum Gasteiger partial charge on any atom is -0.410 e. The number of hydrogen-bond acceptors (Lipinski definition) is 4. The first-order chi connectivity index (χ1) is 8.15. The van der Waals surface area contributed by atoms with Crippen LogP contribution in [0.2, 0.25) is 0 Å². The van der Waals surface area contributed by atoms with Gasteiger partial charge in [0.25, 0.3) is 0 Å². The van der Waals surface area contributed by atoms with Crippen LogP contribution < -0.4 is 10.5 Å². The zero-order valence-electron chi connectivity index (χ0n) is 9.93. The van der Waals surface area contributed by atoms with Crippen molar-refractivity contribution >= 4 is 11.8 Å². The van der Waals surface area contributed by atoms with Crippen LogP contribution in [0.3, 0.4) is 0 Å². The molecule has 2 rings (SSSR count). The molecule has 1 aromatic carbocycles. The molecule has 2 N–H and O–H groups in total. The summed E-state index contributed by atoms with van der Waals surface area (Å²) in [5.41, 5.74) is 6.22. The quantitative estimate of drug-likeness (QED) is 0.738. The highest BCUT2D eigenvalue weighted by atomic mass is 16.6. The highest BCUT2D eigenvalue weighted by molar-refractivity contribution is 5.71. The number of hydrogen-bond donors (Lipinski definition) is 1. The van der Waals surface area contributed by atoms with Gasteiger partial charge in [-0.25, -0.2) is 4.79 Å². The number of ether oxygens (including phenoxy) is 1. The molecule has 0 unspecified atom stereocenters. The number of carbonyl (C=O) groups is 1. The predicted molar refractivity (Wildman–Crippen MR) is 65.9 cm³/mol. The fourth-order valence-electron chi connectivity index (χ4n) is 1.69. The molecule has 1 fully saturated rings. The van der Waals surface area contributed by atoms with Gasteiger partial charge < -0.3 is 20.3 Å². The fraction of sp³-hybridized carbons (Fsp3) is 0.417. The Hall–Kier alpha value is -1.75. The van der Waals surface area contributed by atoms with E-state index >= 15 is 0 Å². The fourth-order valence-corrected chi connectivity index (χ4v) is 1.69. The molecule has 1 aromatic rings. The summed E-state index contributed by atoms with van der Waals surface area (Å²) < 4.78 is 5.26. The van der Waals surface area contributed by atoms with Crippen molar-refractivity contribution in [2.75, 3.05) is 39.0 Å². The van der Waals surface area contributed by atoms with Crippen LogP contribution in [0.5, 0.6) is 5.75 Å². The topological polar surface area (TPSA) is 58.8 Å². The van der Waals surface area contributed by atoms with Crippen LogP contribution in [0.1, 0.15) is 0 Å². The number of benzene rings is 1. The van der Waals surface area contributed by atoms with Gasteiger partial charge >= 0.3 is 6.09 Å². The van der Waals surface area contributed by atoms with Gasteiger partial charge in [-0.05, 0) is 31.3 Å². The van der Waals surface area contributed by atoms with Crippen LogP contribution in [0.25, 0.3) is 0 Å². The van der Waals surface area contributed by atoms with E-state index in [4.69, 9.17) is 10.5 Å². The van der Waals surface area contributed by atoms with Crippen molar-refractivity contribution < 1.29 is 9.53 Å². The Morgan fingerprint density at radius 2 is 1.76 bits per heavy atom. The summed E-state index contributed by atoms with van der Waals surface area (Å²) in [6.45, 7) is 3.20. The van der Waals surface area contributed by atoms with Gasteiger partial charge in [-0.3, -0.25) is 0 Å². The van der Waals surface area contributed by atoms with Gasteiger partial charge in [0, 0.05) is 31.9 Å². The van der Waals surface area contributed by atoms with E-state index in [1.165, 1.54) is 0 Å². The first-order valence-corrected chi connectivity index (χ1v) is 5.66. The maximum Gasteiger partial charge on any atom is 0.415 e. The van der Waals surface area contributed by atoms with Crippen LogP contribution in [0.4, 0.5) is 10.5 Å². The lowest BCUT2D eigenvalue weighted by atomic mass is 10.3. The summed E-state index contributed by atoms with van der Waals surface area (Å²) in [7, 11) is 2.04. The molecular weight excluding hydrogens is 218 g/mol. The van der Waals surface area contributed by atoms with Crippen molar-refractivity contribution in [2.45, 2.75) is 0 Å². The van der Waals surface area contributed by atoms with Gasteiger partial charge in [-0.2, -0.15) is 0 Å². The predicted octanol–water partition coefficient (Wildman–Crippen LogP) is 1.02. The van der Waals surface area contributed by atoms with Gasteiger partial charge in [0.1, 0.15) is 5.75 Å². The number of amides is 1. The summed E-state index contributed by atoms with van der Waals surface area (Å²) in [6, 6.07) is 6.83. The highest BCUT2D eigenvalue weighted by Gasteiger charge is 2.20. The lowest BCUT2D eigenvalue weighted by molar-refractivity contribution is 0.120. The third kappa shape index (κ3) is 3.10. The first-order valence-electron chi connectivity index (χ1n) is 5.66. The zero-order valence-corrected chi connectivity index (χ0v) is 9.93. The third-order valence-electron chi connectivity index (χ3n) is 2.85. The average molecular weight is 235 g/mol. The van der Waals surface area contributed by atoms with Crippen molar-refractivity contribution in [2.24, 2.45) is 0 Å². The summed E-state index contributed by atoms with van der Waals surface area (Å²) in [5.74, 6) is 0.531. The standard InChI is InChI=1S/C12H17N3O2/c1-14-6-8-15(9-7-14)12(16)17-11-4-2-10(13)3-5-11/h2-5H,6-9,13H2,1H3. The van der Waals surface area contributed by atoms with Crippen LogP contribution in [-0.4, -0.2) is 49.1 Å². The van der Waals surface area contributed by atoms with Crippen molar-refractivity contribution in [1.29, 1.82) is 0 Å². The number of nitrogens with two attached hydrogens (primary N) is 1. The van der Waals surface area contributed by atoms with Crippen LogP contribution in [0.15, 0.2) is 24.3 Å². The van der Waals surface area contributed by atoms with Crippen LogP contribution in [0, 0.1) is 0 Å². The molecule has 0 aromatic heterocycles. The van der Waals surface area contributed by atoms with Crippen molar-refractivity contribution in [3.05, 3.63) is 24.3 Å². The molecule has 0 radical (unpaired) electrons. The van der Waals surface area contributed by atoms with E-state index in [1.54, 1.807) is 29.2 Å². The second-order valence-corrected chi connectivity index (χ2v) is 4.23. The largest absolute Gasteiger partial charge is 0.415 e. The monoisotopic (exact) mass is 235 g/mol. The molecule has 0 aliphatic carbocycles. The summed E-state index contributed by atoms with van der Waals surface area (Å²) in [4.78, 5) is 15.7. The molecule has 92 valence electrons. The van der Waals surface area contributed by atoms with Crippen LogP contribution in [-0.2, 0) is 0 Å². The minimum atomic E-state index is -0.289. The summed E-state index contributed by atoms with van der Waals surface area (Å²) >= 11 is 0. The number of carbonyl (C=O) groups excluding carboxylic acids is 1. The smallest absolute Gasteiger partial charge is 0.410 e. The van der Waals surface area contributed by atoms with Crippen molar-refractivity contribution in [3.63, 3.8) is 0 Å². The molecule has 0 bridgehead atoms. The van der Waals surface area contributed by atoms with Crippen molar-refractivity contribution in [1.82, 2.24) is 9.80 Å². The van der Waals surface area contributed by atoms with Gasteiger partial charge in [-0.1, -0.05) is 0 Å². The normalized spacial score (nSPS) is 16.9. The van der Waals surface area contributed by atoms with Gasteiger partial charge in [-0.15, -0.1) is 0 Å². The van der Waals surface area contributed by atoms with E-state index in [0.717, 1.165) is 13.1 Å².